The van der Waals surface area contributed by atoms with Crippen molar-refractivity contribution in [2.24, 2.45) is 0 Å². The first-order valence-electron chi connectivity index (χ1n) is 8.51. The van der Waals surface area contributed by atoms with Gasteiger partial charge in [-0.25, -0.2) is 9.78 Å². The van der Waals surface area contributed by atoms with Gasteiger partial charge in [0.15, 0.2) is 6.10 Å². The molecule has 1 unspecified atom stereocenters. The van der Waals surface area contributed by atoms with Crippen LogP contribution in [0.3, 0.4) is 0 Å². The molecule has 0 amide bonds. The molecule has 2 aromatic carbocycles. The van der Waals surface area contributed by atoms with Crippen molar-refractivity contribution in [3.63, 3.8) is 0 Å². The van der Waals surface area contributed by atoms with Gasteiger partial charge in [0, 0.05) is 17.2 Å². The number of aliphatic carboxylic acids is 1. The van der Waals surface area contributed by atoms with Crippen molar-refractivity contribution < 1.29 is 14.6 Å². The van der Waals surface area contributed by atoms with E-state index in [-0.39, 0.29) is 0 Å². The van der Waals surface area contributed by atoms with Crippen molar-refractivity contribution in [3.8, 4) is 5.75 Å². The third-order valence-electron chi connectivity index (χ3n) is 4.03. The predicted octanol–water partition coefficient (Wildman–Crippen LogP) is 4.19. The second kappa shape index (κ2) is 8.30. The van der Waals surface area contributed by atoms with Crippen molar-refractivity contribution >= 4 is 44.6 Å². The van der Waals surface area contributed by atoms with Gasteiger partial charge in [-0.2, -0.15) is 0 Å². The van der Waals surface area contributed by atoms with E-state index < -0.39 is 12.1 Å². The van der Waals surface area contributed by atoms with Crippen molar-refractivity contribution in [3.05, 3.63) is 46.9 Å². The maximum atomic E-state index is 11.2. The lowest BCUT2D eigenvalue weighted by Crippen LogP contribution is -2.26. The highest BCUT2D eigenvalue weighted by Crippen LogP contribution is 2.25. The summed E-state index contributed by atoms with van der Waals surface area (Å²) in [6.07, 6.45) is 0.357. The van der Waals surface area contributed by atoms with Gasteiger partial charge in [0.25, 0.3) is 0 Å². The number of ether oxygens (including phenoxy) is 1. The molecule has 8 heteroatoms. The smallest absolute Gasteiger partial charge is 0.344 e. The van der Waals surface area contributed by atoms with E-state index in [0.29, 0.717) is 23.6 Å². The van der Waals surface area contributed by atoms with Crippen LogP contribution in [-0.2, 0) is 4.79 Å². The molecular formula is C19H19BrN4O3. The summed E-state index contributed by atoms with van der Waals surface area (Å²) in [5, 5.41) is 17.6. The zero-order valence-electron chi connectivity index (χ0n) is 15.0. The maximum Gasteiger partial charge on any atom is 0.344 e. The van der Waals surface area contributed by atoms with Crippen LogP contribution in [0.25, 0.3) is 11.0 Å². The van der Waals surface area contributed by atoms with Gasteiger partial charge in [-0.3, -0.25) is 0 Å². The third kappa shape index (κ3) is 4.51. The van der Waals surface area contributed by atoms with Gasteiger partial charge < -0.3 is 14.7 Å². The maximum absolute atomic E-state index is 11.2. The number of carboxylic acid groups (broad SMARTS) is 1. The monoisotopic (exact) mass is 430 g/mol. The van der Waals surface area contributed by atoms with Crippen LogP contribution < -0.4 is 9.64 Å². The van der Waals surface area contributed by atoms with Crippen molar-refractivity contribution in [1.82, 2.24) is 15.2 Å². The first kappa shape index (κ1) is 19.0. The van der Waals surface area contributed by atoms with E-state index in [1.807, 2.05) is 44.3 Å². The molecular weight excluding hydrogens is 412 g/mol. The topological polar surface area (TPSA) is 88.4 Å². The molecule has 7 nitrogen and oxygen atoms in total. The van der Waals surface area contributed by atoms with Gasteiger partial charge in [0.1, 0.15) is 11.3 Å². The largest absolute Gasteiger partial charge is 0.479 e. The Morgan fingerprint density at radius 2 is 1.93 bits per heavy atom. The number of benzene rings is 2. The summed E-state index contributed by atoms with van der Waals surface area (Å²) in [5.74, 6) is 0.0172. The number of carbonyl (C=O) groups is 1. The Kier molecular flexibility index (Phi) is 5.85. The van der Waals surface area contributed by atoms with Gasteiger partial charge in [-0.15, -0.1) is 10.2 Å². The Morgan fingerprint density at radius 3 is 2.59 bits per heavy atom. The number of rotatable bonds is 7. The molecule has 1 atom stereocenters. The number of halogens is 1. The Morgan fingerprint density at radius 1 is 1.19 bits per heavy atom. The Bertz CT molecular complexity index is 949. The van der Waals surface area contributed by atoms with Crippen LogP contribution in [-0.4, -0.2) is 39.4 Å². The van der Waals surface area contributed by atoms with Crippen molar-refractivity contribution in [2.75, 3.05) is 11.9 Å². The number of hydrogen-bond donors (Lipinski definition) is 1. The highest BCUT2D eigenvalue weighted by atomic mass is 79.9. The highest BCUT2D eigenvalue weighted by Gasteiger charge is 2.18. The van der Waals surface area contributed by atoms with E-state index in [0.717, 1.165) is 22.1 Å². The van der Waals surface area contributed by atoms with Crippen LogP contribution in [0.1, 0.15) is 19.8 Å². The molecule has 140 valence electrons. The lowest BCUT2D eigenvalue weighted by Gasteiger charge is -2.18. The highest BCUT2D eigenvalue weighted by molar-refractivity contribution is 9.10. The predicted molar refractivity (Wildman–Crippen MR) is 106 cm³/mol. The zero-order valence-corrected chi connectivity index (χ0v) is 16.5. The second-order valence-electron chi connectivity index (χ2n) is 6.03. The molecule has 0 aliphatic rings. The van der Waals surface area contributed by atoms with Crippen LogP contribution in [0, 0.1) is 0 Å². The van der Waals surface area contributed by atoms with Crippen molar-refractivity contribution in [2.45, 2.75) is 25.9 Å². The zero-order chi connectivity index (χ0) is 19.4. The number of hydrogen-bond acceptors (Lipinski definition) is 6. The molecule has 27 heavy (non-hydrogen) atoms. The average Bonchev–Trinajstić information content (AvgIpc) is 2.67. The molecule has 0 spiro atoms. The van der Waals surface area contributed by atoms with Gasteiger partial charge in [0.05, 0.1) is 5.52 Å². The van der Waals surface area contributed by atoms with Crippen molar-refractivity contribution in [1.29, 1.82) is 0 Å². The SMILES string of the molecule is CCCC(Oc1ccc(N(C)c2nnc3cc(Br)ccc3n2)cc1)C(=O)O. The minimum atomic E-state index is -0.958. The van der Waals surface area contributed by atoms with Gasteiger partial charge in [-0.1, -0.05) is 29.3 Å². The first-order valence-corrected chi connectivity index (χ1v) is 9.30. The average molecular weight is 431 g/mol. The molecule has 0 saturated heterocycles. The Hall–Kier alpha value is -2.74. The van der Waals surface area contributed by atoms with Crippen LogP contribution >= 0.6 is 15.9 Å². The fraction of sp³-hybridized carbons (Fsp3) is 0.263. The molecule has 0 aliphatic carbocycles. The van der Waals surface area contributed by atoms with E-state index in [4.69, 9.17) is 4.74 Å². The molecule has 0 saturated carbocycles. The van der Waals surface area contributed by atoms with Crippen LogP contribution in [0.15, 0.2) is 46.9 Å². The fourth-order valence-electron chi connectivity index (χ4n) is 2.57. The van der Waals surface area contributed by atoms with E-state index in [2.05, 4.69) is 31.1 Å². The van der Waals surface area contributed by atoms with E-state index in [1.165, 1.54) is 0 Å². The van der Waals surface area contributed by atoms with E-state index in [1.54, 1.807) is 17.0 Å². The Balaban J connectivity index is 1.78. The second-order valence-corrected chi connectivity index (χ2v) is 6.95. The Labute approximate surface area is 165 Å². The summed E-state index contributed by atoms with van der Waals surface area (Å²) < 4.78 is 6.48. The molecule has 3 aromatic rings. The lowest BCUT2D eigenvalue weighted by molar-refractivity contribution is -0.145. The standard InChI is InChI=1S/C19H19BrN4O3/c1-3-4-17(18(25)26)27-14-8-6-13(7-9-14)24(2)19-21-15-10-5-12(20)11-16(15)22-23-19/h5-11,17H,3-4H2,1-2H3,(H,25,26). The molecule has 1 aromatic heterocycles. The van der Waals surface area contributed by atoms with Gasteiger partial charge in [0.2, 0.25) is 5.95 Å². The molecule has 1 heterocycles. The van der Waals surface area contributed by atoms with Crippen LogP contribution in [0.2, 0.25) is 0 Å². The molecule has 0 radical (unpaired) electrons. The number of anilines is 2. The number of carboxylic acids is 1. The normalized spacial score (nSPS) is 12.0. The quantitative estimate of drug-likeness (QED) is 0.600. The molecule has 0 aliphatic heterocycles. The first-order chi connectivity index (χ1) is 13.0. The summed E-state index contributed by atoms with van der Waals surface area (Å²) in [6, 6.07) is 12.8. The summed E-state index contributed by atoms with van der Waals surface area (Å²) in [5.41, 5.74) is 2.29. The minimum absolute atomic E-state index is 0.462. The third-order valence-corrected chi connectivity index (χ3v) is 4.53. The number of nitrogens with zero attached hydrogens (tertiary/aromatic N) is 4. The van der Waals surface area contributed by atoms with Gasteiger partial charge in [-0.05, 0) is 48.9 Å². The minimum Gasteiger partial charge on any atom is -0.479 e. The van der Waals surface area contributed by atoms with E-state index >= 15 is 0 Å². The van der Waals surface area contributed by atoms with E-state index in [9.17, 15) is 9.90 Å². The summed E-state index contributed by atoms with van der Waals surface area (Å²) in [6.45, 7) is 1.92. The summed E-state index contributed by atoms with van der Waals surface area (Å²) in [7, 11) is 1.84. The molecule has 0 fully saturated rings. The van der Waals surface area contributed by atoms with Gasteiger partial charge >= 0.3 is 5.97 Å². The fourth-order valence-corrected chi connectivity index (χ4v) is 2.91. The summed E-state index contributed by atoms with van der Waals surface area (Å²) >= 11 is 3.40. The molecule has 1 N–H and O–H groups in total. The summed E-state index contributed by atoms with van der Waals surface area (Å²) in [4.78, 5) is 17.6. The molecule has 0 bridgehead atoms. The number of fused-ring (bicyclic) bond motifs is 1. The lowest BCUT2D eigenvalue weighted by atomic mass is 10.2. The number of aromatic nitrogens is 3. The van der Waals surface area contributed by atoms with Crippen LogP contribution in [0.5, 0.6) is 5.75 Å². The molecule has 3 rings (SSSR count). The van der Waals surface area contributed by atoms with Crippen LogP contribution in [0.4, 0.5) is 11.6 Å².